The molecule has 1 aromatic carbocycles. The van der Waals surface area contributed by atoms with Crippen molar-refractivity contribution < 1.29 is 14.7 Å². The lowest BCUT2D eigenvalue weighted by atomic mass is 9.84. The Hall–Kier alpha value is -2.63. The Morgan fingerprint density at radius 1 is 1.19 bits per heavy atom. The lowest BCUT2D eigenvalue weighted by Crippen LogP contribution is -2.46. The van der Waals surface area contributed by atoms with Crippen LogP contribution in [0.4, 0.5) is 0 Å². The van der Waals surface area contributed by atoms with Gasteiger partial charge in [0.1, 0.15) is 11.7 Å². The molecular formula is C20H23N3O3. The van der Waals surface area contributed by atoms with Crippen LogP contribution in [0.3, 0.4) is 0 Å². The molecule has 0 bridgehead atoms. The summed E-state index contributed by atoms with van der Waals surface area (Å²) in [5, 5.41) is 16.7. The van der Waals surface area contributed by atoms with Crippen molar-refractivity contribution in [3.63, 3.8) is 0 Å². The number of amides is 1. The second kappa shape index (κ2) is 6.59. The zero-order chi connectivity index (χ0) is 18.3. The van der Waals surface area contributed by atoms with Crippen LogP contribution in [0.25, 0.3) is 11.3 Å². The average Bonchev–Trinajstić information content (AvgIpc) is 3.27. The van der Waals surface area contributed by atoms with Crippen LogP contribution in [-0.2, 0) is 4.79 Å². The highest BCUT2D eigenvalue weighted by atomic mass is 16.4. The van der Waals surface area contributed by atoms with Crippen LogP contribution >= 0.6 is 0 Å². The number of carboxylic acid groups (broad SMARTS) is 1. The van der Waals surface area contributed by atoms with E-state index in [0.717, 1.165) is 36.8 Å². The van der Waals surface area contributed by atoms with Crippen LogP contribution in [0.1, 0.15) is 48.2 Å². The van der Waals surface area contributed by atoms with Gasteiger partial charge in [0.15, 0.2) is 0 Å². The van der Waals surface area contributed by atoms with Gasteiger partial charge in [0.2, 0.25) is 0 Å². The first kappa shape index (κ1) is 16.8. The lowest BCUT2D eigenvalue weighted by molar-refractivity contribution is -0.141. The second-order valence-corrected chi connectivity index (χ2v) is 7.45. The molecule has 0 spiro atoms. The van der Waals surface area contributed by atoms with Crippen LogP contribution in [0, 0.1) is 12.8 Å². The maximum atomic E-state index is 13.1. The van der Waals surface area contributed by atoms with Gasteiger partial charge in [-0.15, -0.1) is 0 Å². The molecule has 1 saturated heterocycles. The van der Waals surface area contributed by atoms with Crippen LogP contribution in [0.2, 0.25) is 0 Å². The summed E-state index contributed by atoms with van der Waals surface area (Å²) in [6, 6.07) is 8.95. The summed E-state index contributed by atoms with van der Waals surface area (Å²) in [4.78, 5) is 26.4. The van der Waals surface area contributed by atoms with Crippen molar-refractivity contribution in [1.29, 1.82) is 0 Å². The molecular weight excluding hydrogens is 330 g/mol. The van der Waals surface area contributed by atoms with Crippen molar-refractivity contribution in [1.82, 2.24) is 15.1 Å². The van der Waals surface area contributed by atoms with E-state index in [2.05, 4.69) is 10.2 Å². The van der Waals surface area contributed by atoms with Crippen LogP contribution < -0.4 is 0 Å². The number of carboxylic acids is 1. The molecule has 6 heteroatoms. The van der Waals surface area contributed by atoms with E-state index < -0.39 is 12.0 Å². The molecule has 1 aliphatic heterocycles. The molecule has 6 nitrogen and oxygen atoms in total. The monoisotopic (exact) mass is 353 g/mol. The highest BCUT2D eigenvalue weighted by Gasteiger charge is 2.48. The standard InChI is InChI=1S/C20H23N3O3/c1-12-6-8-13(9-7-12)15-11-16(22-21-15)19(24)23-17-5-3-2-4-14(17)10-18(23)20(25)26/h6-9,11,14,17-18H,2-5,10H2,1H3,(H,21,22)(H,25,26). The van der Waals surface area contributed by atoms with E-state index in [1.54, 1.807) is 11.0 Å². The summed E-state index contributed by atoms with van der Waals surface area (Å²) < 4.78 is 0. The molecule has 1 saturated carbocycles. The van der Waals surface area contributed by atoms with Crippen molar-refractivity contribution in [2.24, 2.45) is 5.92 Å². The van der Waals surface area contributed by atoms with Gasteiger partial charge in [0.05, 0.1) is 5.69 Å². The molecule has 136 valence electrons. The Labute approximate surface area is 152 Å². The van der Waals surface area contributed by atoms with Gasteiger partial charge in [-0.1, -0.05) is 42.7 Å². The van der Waals surface area contributed by atoms with E-state index in [9.17, 15) is 14.7 Å². The number of carbonyl (C=O) groups is 2. The number of likely N-dealkylation sites (tertiary alicyclic amines) is 1. The number of nitrogens with zero attached hydrogens (tertiary/aromatic N) is 2. The minimum atomic E-state index is -0.911. The van der Waals surface area contributed by atoms with Gasteiger partial charge >= 0.3 is 5.97 Å². The first-order valence-electron chi connectivity index (χ1n) is 9.22. The SMILES string of the molecule is Cc1ccc(-c2cc(C(=O)N3C(C(=O)O)CC4CCCCC43)[nH]n2)cc1. The first-order chi connectivity index (χ1) is 12.5. The number of nitrogens with one attached hydrogen (secondary N) is 1. The third kappa shape index (κ3) is 2.89. The fraction of sp³-hybridized carbons (Fsp3) is 0.450. The number of carbonyl (C=O) groups excluding carboxylic acids is 1. The summed E-state index contributed by atoms with van der Waals surface area (Å²) in [6.07, 6.45) is 4.63. The predicted molar refractivity (Wildman–Crippen MR) is 96.7 cm³/mol. The first-order valence-corrected chi connectivity index (χ1v) is 9.22. The van der Waals surface area contributed by atoms with Gasteiger partial charge in [0.25, 0.3) is 5.91 Å². The van der Waals surface area contributed by atoms with Crippen molar-refractivity contribution >= 4 is 11.9 Å². The minimum Gasteiger partial charge on any atom is -0.480 e. The third-order valence-corrected chi connectivity index (χ3v) is 5.76. The smallest absolute Gasteiger partial charge is 0.326 e. The summed E-state index contributed by atoms with van der Waals surface area (Å²) in [7, 11) is 0. The zero-order valence-electron chi connectivity index (χ0n) is 14.8. The third-order valence-electron chi connectivity index (χ3n) is 5.76. The highest BCUT2D eigenvalue weighted by Crippen LogP contribution is 2.40. The topological polar surface area (TPSA) is 86.3 Å². The Bertz CT molecular complexity index is 827. The largest absolute Gasteiger partial charge is 0.480 e. The van der Waals surface area contributed by atoms with E-state index in [4.69, 9.17) is 0 Å². The summed E-state index contributed by atoms with van der Waals surface area (Å²) in [6.45, 7) is 2.02. The molecule has 26 heavy (non-hydrogen) atoms. The Kier molecular flexibility index (Phi) is 4.26. The van der Waals surface area contributed by atoms with Gasteiger partial charge < -0.3 is 10.0 Å². The number of rotatable bonds is 3. The minimum absolute atomic E-state index is 0.0310. The summed E-state index contributed by atoms with van der Waals surface area (Å²) in [5.74, 6) is -0.864. The van der Waals surface area contributed by atoms with E-state index in [1.165, 1.54) is 0 Å². The average molecular weight is 353 g/mol. The van der Waals surface area contributed by atoms with Crippen molar-refractivity contribution in [3.05, 3.63) is 41.6 Å². The molecule has 2 heterocycles. The van der Waals surface area contributed by atoms with E-state index >= 15 is 0 Å². The fourth-order valence-electron chi connectivity index (χ4n) is 4.42. The summed E-state index contributed by atoms with van der Waals surface area (Å²) >= 11 is 0. The van der Waals surface area contributed by atoms with Gasteiger partial charge in [-0.3, -0.25) is 9.89 Å². The van der Waals surface area contributed by atoms with E-state index in [1.807, 2.05) is 31.2 Å². The molecule has 1 aliphatic carbocycles. The molecule has 2 aromatic rings. The van der Waals surface area contributed by atoms with E-state index in [-0.39, 0.29) is 11.9 Å². The number of aryl methyl sites for hydroxylation is 1. The Balaban J connectivity index is 1.61. The van der Waals surface area contributed by atoms with E-state index in [0.29, 0.717) is 23.7 Å². The summed E-state index contributed by atoms with van der Waals surface area (Å²) in [5.41, 5.74) is 3.14. The number of aliphatic carboxylic acids is 1. The zero-order valence-corrected chi connectivity index (χ0v) is 14.8. The Morgan fingerprint density at radius 3 is 2.65 bits per heavy atom. The van der Waals surface area contributed by atoms with Crippen molar-refractivity contribution in [2.45, 2.75) is 51.1 Å². The molecule has 2 N–H and O–H groups in total. The van der Waals surface area contributed by atoms with Crippen molar-refractivity contribution in [3.8, 4) is 11.3 Å². The molecule has 1 aromatic heterocycles. The number of aromatic amines is 1. The van der Waals surface area contributed by atoms with Gasteiger partial charge in [-0.05, 0) is 38.2 Å². The number of hydrogen-bond acceptors (Lipinski definition) is 3. The van der Waals surface area contributed by atoms with Gasteiger partial charge in [-0.25, -0.2) is 4.79 Å². The molecule has 0 radical (unpaired) electrons. The maximum Gasteiger partial charge on any atom is 0.326 e. The fourth-order valence-corrected chi connectivity index (χ4v) is 4.42. The van der Waals surface area contributed by atoms with Crippen molar-refractivity contribution in [2.75, 3.05) is 0 Å². The molecule has 3 unspecified atom stereocenters. The number of benzene rings is 1. The normalized spacial score (nSPS) is 25.1. The molecule has 1 amide bonds. The van der Waals surface area contributed by atoms with Crippen LogP contribution in [0.15, 0.2) is 30.3 Å². The predicted octanol–water partition coefficient (Wildman–Crippen LogP) is 3.24. The molecule has 3 atom stereocenters. The maximum absolute atomic E-state index is 13.1. The molecule has 2 fully saturated rings. The molecule has 2 aliphatic rings. The Morgan fingerprint density at radius 2 is 1.92 bits per heavy atom. The van der Waals surface area contributed by atoms with Gasteiger partial charge in [0, 0.05) is 11.6 Å². The lowest BCUT2D eigenvalue weighted by Gasteiger charge is -2.32. The number of fused-ring (bicyclic) bond motifs is 1. The molecule has 4 rings (SSSR count). The quantitative estimate of drug-likeness (QED) is 0.887. The second-order valence-electron chi connectivity index (χ2n) is 7.45. The van der Waals surface area contributed by atoms with Gasteiger partial charge in [-0.2, -0.15) is 5.10 Å². The van der Waals surface area contributed by atoms with Crippen LogP contribution in [-0.4, -0.2) is 44.2 Å². The number of aromatic nitrogens is 2. The number of hydrogen-bond donors (Lipinski definition) is 2. The number of H-pyrrole nitrogens is 1. The van der Waals surface area contributed by atoms with Crippen LogP contribution in [0.5, 0.6) is 0 Å². The highest BCUT2D eigenvalue weighted by molar-refractivity contribution is 5.96.